The quantitative estimate of drug-likeness (QED) is 0.544. The van der Waals surface area contributed by atoms with Gasteiger partial charge in [0.2, 0.25) is 0 Å². The second-order valence-corrected chi connectivity index (χ2v) is 5.07. The Morgan fingerprint density at radius 1 is 1.05 bits per heavy atom. The van der Waals surface area contributed by atoms with Crippen molar-refractivity contribution in [3.8, 4) is 5.69 Å². The molecule has 108 valence electrons. The van der Waals surface area contributed by atoms with Crippen molar-refractivity contribution in [2.24, 2.45) is 0 Å². The number of carbonyl (C=O) groups is 1. The molecule has 22 heavy (non-hydrogen) atoms. The molecule has 0 fully saturated rings. The highest BCUT2D eigenvalue weighted by molar-refractivity contribution is 6.30. The fourth-order valence-corrected chi connectivity index (χ4v) is 2.09. The number of carbonyl (C=O) groups excluding carboxylic acids is 1. The van der Waals surface area contributed by atoms with E-state index in [1.807, 2.05) is 24.3 Å². The zero-order valence-electron chi connectivity index (χ0n) is 11.6. The van der Waals surface area contributed by atoms with E-state index in [1.54, 1.807) is 47.4 Å². The fraction of sp³-hybridized carbons (Fsp3) is 0. The van der Waals surface area contributed by atoms with Crippen LogP contribution in [0.15, 0.2) is 67.3 Å². The highest BCUT2D eigenvalue weighted by Crippen LogP contribution is 2.12. The second-order valence-electron chi connectivity index (χ2n) is 4.64. The molecule has 1 heterocycles. The molecule has 3 aromatic rings. The Balaban J connectivity index is 1.73. The van der Waals surface area contributed by atoms with Crippen LogP contribution in [0.3, 0.4) is 0 Å². The zero-order valence-corrected chi connectivity index (χ0v) is 12.3. The molecule has 5 heteroatoms. The van der Waals surface area contributed by atoms with E-state index in [1.165, 1.54) is 6.33 Å². The Hall–Kier alpha value is -2.72. The van der Waals surface area contributed by atoms with E-state index in [0.717, 1.165) is 11.3 Å². The average Bonchev–Trinajstić information content (AvgIpc) is 3.09. The summed E-state index contributed by atoms with van der Waals surface area (Å²) in [5.74, 6) is -0.0555. The van der Waals surface area contributed by atoms with Gasteiger partial charge in [0.25, 0.3) is 0 Å². The molecule has 0 aliphatic carbocycles. The first kappa shape index (κ1) is 14.2. The summed E-state index contributed by atoms with van der Waals surface area (Å²) >= 11 is 5.82. The van der Waals surface area contributed by atoms with Crippen LogP contribution in [0.2, 0.25) is 5.02 Å². The topological polar surface area (TPSA) is 47.8 Å². The Kier molecular flexibility index (Phi) is 4.12. The summed E-state index contributed by atoms with van der Waals surface area (Å²) in [4.78, 5) is 16.0. The lowest BCUT2D eigenvalue weighted by molar-refractivity contribution is 0.104. The van der Waals surface area contributed by atoms with Crippen LogP contribution >= 0.6 is 11.6 Å². The van der Waals surface area contributed by atoms with Crippen LogP contribution in [0.1, 0.15) is 15.9 Å². The monoisotopic (exact) mass is 309 g/mol. The summed E-state index contributed by atoms with van der Waals surface area (Å²) in [6.07, 6.45) is 6.39. The van der Waals surface area contributed by atoms with E-state index in [4.69, 9.17) is 11.6 Å². The third kappa shape index (κ3) is 3.30. The smallest absolute Gasteiger partial charge is 0.185 e. The molecule has 0 saturated heterocycles. The molecular formula is C17H12ClN3O. The summed E-state index contributed by atoms with van der Waals surface area (Å²) in [7, 11) is 0. The molecule has 0 saturated carbocycles. The molecule has 0 aliphatic rings. The Morgan fingerprint density at radius 3 is 2.41 bits per heavy atom. The molecule has 3 rings (SSSR count). The van der Waals surface area contributed by atoms with Gasteiger partial charge in [0.1, 0.15) is 12.7 Å². The van der Waals surface area contributed by atoms with E-state index in [9.17, 15) is 4.79 Å². The molecule has 0 unspecified atom stereocenters. The third-order valence-electron chi connectivity index (χ3n) is 3.13. The van der Waals surface area contributed by atoms with Gasteiger partial charge in [-0.1, -0.05) is 29.8 Å². The lowest BCUT2D eigenvalue weighted by Gasteiger charge is -2.01. The molecule has 0 bridgehead atoms. The van der Waals surface area contributed by atoms with Gasteiger partial charge in [0.15, 0.2) is 5.78 Å². The van der Waals surface area contributed by atoms with Crippen molar-refractivity contribution in [1.82, 2.24) is 14.8 Å². The summed E-state index contributed by atoms with van der Waals surface area (Å²) in [5, 5.41) is 4.71. The number of rotatable bonds is 4. The average molecular weight is 310 g/mol. The van der Waals surface area contributed by atoms with Gasteiger partial charge in [-0.2, -0.15) is 5.10 Å². The summed E-state index contributed by atoms with van der Waals surface area (Å²) in [6, 6.07) is 14.5. The zero-order chi connectivity index (χ0) is 15.4. The van der Waals surface area contributed by atoms with Gasteiger partial charge < -0.3 is 0 Å². The van der Waals surface area contributed by atoms with Crippen LogP contribution in [0.4, 0.5) is 0 Å². The number of ketones is 1. The first-order valence-corrected chi connectivity index (χ1v) is 7.03. The number of allylic oxidation sites excluding steroid dienone is 1. The maximum Gasteiger partial charge on any atom is 0.185 e. The lowest BCUT2D eigenvalue weighted by Crippen LogP contribution is -1.97. The minimum Gasteiger partial charge on any atom is -0.289 e. The third-order valence-corrected chi connectivity index (χ3v) is 3.38. The van der Waals surface area contributed by atoms with Crippen LogP contribution in [0.25, 0.3) is 11.8 Å². The normalized spacial score (nSPS) is 11.0. The first-order chi connectivity index (χ1) is 10.7. The van der Waals surface area contributed by atoms with Crippen LogP contribution in [-0.2, 0) is 0 Å². The minimum absolute atomic E-state index is 0.0555. The van der Waals surface area contributed by atoms with Gasteiger partial charge in [-0.15, -0.1) is 0 Å². The summed E-state index contributed by atoms with van der Waals surface area (Å²) in [5.41, 5.74) is 2.40. The second kappa shape index (κ2) is 6.37. The van der Waals surface area contributed by atoms with E-state index < -0.39 is 0 Å². The molecule has 0 radical (unpaired) electrons. The SMILES string of the molecule is O=C(C=Cc1ccc(Cl)cc1)c1ccc(-n2cncn2)cc1. The predicted molar refractivity (Wildman–Crippen MR) is 86.2 cm³/mol. The van der Waals surface area contributed by atoms with E-state index >= 15 is 0 Å². The molecule has 0 aliphatic heterocycles. The van der Waals surface area contributed by atoms with Crippen LogP contribution < -0.4 is 0 Å². The van der Waals surface area contributed by atoms with Crippen molar-refractivity contribution in [3.05, 3.63) is 83.4 Å². The van der Waals surface area contributed by atoms with E-state index in [0.29, 0.717) is 10.6 Å². The number of nitrogens with zero attached hydrogens (tertiary/aromatic N) is 3. The number of benzene rings is 2. The lowest BCUT2D eigenvalue weighted by atomic mass is 10.1. The van der Waals surface area contributed by atoms with Gasteiger partial charge >= 0.3 is 0 Å². The van der Waals surface area contributed by atoms with Crippen LogP contribution in [0.5, 0.6) is 0 Å². The Labute approximate surface area is 132 Å². The van der Waals surface area contributed by atoms with E-state index in [-0.39, 0.29) is 5.78 Å². The van der Waals surface area contributed by atoms with Crippen molar-refractivity contribution >= 4 is 23.5 Å². The number of hydrogen-bond donors (Lipinski definition) is 0. The van der Waals surface area contributed by atoms with Crippen LogP contribution in [0, 0.1) is 0 Å². The molecule has 2 aromatic carbocycles. The molecule has 0 atom stereocenters. The summed E-state index contributed by atoms with van der Waals surface area (Å²) in [6.45, 7) is 0. The number of hydrogen-bond acceptors (Lipinski definition) is 3. The fourth-order valence-electron chi connectivity index (χ4n) is 1.96. The van der Waals surface area contributed by atoms with Crippen molar-refractivity contribution in [1.29, 1.82) is 0 Å². The first-order valence-electron chi connectivity index (χ1n) is 6.65. The number of aromatic nitrogens is 3. The van der Waals surface area contributed by atoms with Crippen molar-refractivity contribution in [2.75, 3.05) is 0 Å². The van der Waals surface area contributed by atoms with Crippen molar-refractivity contribution in [2.45, 2.75) is 0 Å². The molecule has 0 N–H and O–H groups in total. The highest BCUT2D eigenvalue weighted by atomic mass is 35.5. The maximum absolute atomic E-state index is 12.1. The van der Waals surface area contributed by atoms with Gasteiger partial charge in [-0.05, 0) is 48.0 Å². The largest absolute Gasteiger partial charge is 0.289 e. The van der Waals surface area contributed by atoms with Gasteiger partial charge in [0, 0.05) is 10.6 Å². The van der Waals surface area contributed by atoms with E-state index in [2.05, 4.69) is 10.1 Å². The molecule has 0 spiro atoms. The minimum atomic E-state index is -0.0555. The predicted octanol–water partition coefficient (Wildman–Crippen LogP) is 3.82. The Bertz CT molecular complexity index is 791. The maximum atomic E-state index is 12.1. The van der Waals surface area contributed by atoms with Crippen molar-refractivity contribution < 1.29 is 4.79 Å². The Morgan fingerprint density at radius 2 is 1.77 bits per heavy atom. The standard InChI is InChI=1S/C17H12ClN3O/c18-15-6-1-13(2-7-15)3-10-17(22)14-4-8-16(9-5-14)21-12-19-11-20-21/h1-12H. The van der Waals surface area contributed by atoms with Gasteiger partial charge in [0.05, 0.1) is 5.69 Å². The van der Waals surface area contributed by atoms with Gasteiger partial charge in [-0.25, -0.2) is 9.67 Å². The van der Waals surface area contributed by atoms with Gasteiger partial charge in [-0.3, -0.25) is 4.79 Å². The van der Waals surface area contributed by atoms with Crippen LogP contribution in [-0.4, -0.2) is 20.5 Å². The molecular weight excluding hydrogens is 298 g/mol. The molecule has 1 aromatic heterocycles. The number of halogens is 1. The molecule has 0 amide bonds. The van der Waals surface area contributed by atoms with Crippen molar-refractivity contribution in [3.63, 3.8) is 0 Å². The summed E-state index contributed by atoms with van der Waals surface area (Å²) < 4.78 is 1.64. The molecule has 4 nitrogen and oxygen atoms in total. The highest BCUT2D eigenvalue weighted by Gasteiger charge is 2.03.